The Morgan fingerprint density at radius 3 is 2.71 bits per heavy atom. The summed E-state index contributed by atoms with van der Waals surface area (Å²) in [5.74, 6) is 0.693. The minimum atomic E-state index is 0.0721. The van der Waals surface area contributed by atoms with Crippen molar-refractivity contribution in [3.63, 3.8) is 0 Å². The van der Waals surface area contributed by atoms with Crippen molar-refractivity contribution < 1.29 is 4.74 Å². The number of aliphatic imine (C=N–C) groups is 1. The van der Waals surface area contributed by atoms with Gasteiger partial charge in [-0.15, -0.1) is 0 Å². The topological polar surface area (TPSA) is 21.6 Å². The molecule has 0 bridgehead atoms. The van der Waals surface area contributed by atoms with E-state index in [1.54, 1.807) is 0 Å². The Morgan fingerprint density at radius 2 is 2.14 bits per heavy atom. The van der Waals surface area contributed by atoms with Crippen LogP contribution in [-0.4, -0.2) is 12.4 Å². The average Bonchev–Trinajstić information content (AvgIpc) is 2.68. The zero-order valence-corrected chi connectivity index (χ0v) is 8.23. The lowest BCUT2D eigenvalue weighted by Crippen LogP contribution is -2.05. The van der Waals surface area contributed by atoms with E-state index in [2.05, 4.69) is 23.7 Å². The van der Waals surface area contributed by atoms with Crippen LogP contribution < -0.4 is 0 Å². The third-order valence-electron chi connectivity index (χ3n) is 2.19. The molecule has 1 aromatic rings. The molecule has 0 fully saturated rings. The van der Waals surface area contributed by atoms with Crippen molar-refractivity contribution in [1.82, 2.24) is 0 Å². The summed E-state index contributed by atoms with van der Waals surface area (Å²) >= 11 is 0. The van der Waals surface area contributed by atoms with Crippen LogP contribution in [0.5, 0.6) is 0 Å². The summed E-state index contributed by atoms with van der Waals surface area (Å²) in [5, 5.41) is 0. The second-order valence-corrected chi connectivity index (χ2v) is 3.44. The molecule has 0 spiro atoms. The van der Waals surface area contributed by atoms with Crippen LogP contribution in [0, 0.1) is 0 Å². The Hall–Kier alpha value is -1.57. The molecule has 2 heteroatoms. The van der Waals surface area contributed by atoms with Gasteiger partial charge in [0, 0.05) is 5.57 Å². The molecule has 0 aromatic heterocycles. The van der Waals surface area contributed by atoms with Crippen molar-refractivity contribution in [2.24, 2.45) is 4.99 Å². The van der Waals surface area contributed by atoms with Crippen molar-refractivity contribution in [1.29, 1.82) is 0 Å². The number of ether oxygens (including phenoxy) is 1. The number of rotatable bonds is 2. The molecule has 14 heavy (non-hydrogen) atoms. The van der Waals surface area contributed by atoms with Crippen LogP contribution in [0.1, 0.15) is 18.6 Å². The Bertz CT molecular complexity index is 367. The van der Waals surface area contributed by atoms with Gasteiger partial charge in [-0.1, -0.05) is 36.9 Å². The van der Waals surface area contributed by atoms with Crippen LogP contribution in [0.2, 0.25) is 0 Å². The summed E-state index contributed by atoms with van der Waals surface area (Å²) < 4.78 is 5.66. The molecule has 1 aliphatic heterocycles. The van der Waals surface area contributed by atoms with Crippen LogP contribution in [0.25, 0.3) is 0 Å². The van der Waals surface area contributed by atoms with E-state index in [0.29, 0.717) is 12.4 Å². The first kappa shape index (κ1) is 9.00. The minimum absolute atomic E-state index is 0.0721. The van der Waals surface area contributed by atoms with Crippen LogP contribution >= 0.6 is 0 Å². The molecule has 1 aromatic carbocycles. The zero-order valence-electron chi connectivity index (χ0n) is 8.23. The largest absolute Gasteiger partial charge is 0.468 e. The quantitative estimate of drug-likeness (QED) is 0.697. The molecular weight excluding hydrogens is 174 g/mol. The van der Waals surface area contributed by atoms with Crippen molar-refractivity contribution >= 4 is 5.90 Å². The van der Waals surface area contributed by atoms with Gasteiger partial charge in [-0.05, 0) is 12.5 Å². The summed E-state index contributed by atoms with van der Waals surface area (Å²) in [6.45, 7) is 6.42. The number of nitrogens with zero attached hydrogens (tertiary/aromatic N) is 1. The summed E-state index contributed by atoms with van der Waals surface area (Å²) in [4.78, 5) is 4.29. The SMILES string of the molecule is C=C(C)C1=NCC(c2ccccc2)O1. The lowest BCUT2D eigenvalue weighted by atomic mass is 10.1. The van der Waals surface area contributed by atoms with Gasteiger partial charge in [0.05, 0.1) is 6.54 Å². The van der Waals surface area contributed by atoms with Gasteiger partial charge in [-0.3, -0.25) is 0 Å². The summed E-state index contributed by atoms with van der Waals surface area (Å²) in [6.07, 6.45) is 0.0721. The highest BCUT2D eigenvalue weighted by Gasteiger charge is 2.21. The monoisotopic (exact) mass is 187 g/mol. The molecule has 1 heterocycles. The first-order valence-electron chi connectivity index (χ1n) is 4.69. The lowest BCUT2D eigenvalue weighted by molar-refractivity contribution is 0.230. The van der Waals surface area contributed by atoms with E-state index in [9.17, 15) is 0 Å². The van der Waals surface area contributed by atoms with Crippen LogP contribution in [0.15, 0.2) is 47.5 Å². The molecule has 0 saturated carbocycles. The van der Waals surface area contributed by atoms with Gasteiger partial charge in [0.2, 0.25) is 5.90 Å². The number of benzene rings is 1. The van der Waals surface area contributed by atoms with Gasteiger partial charge < -0.3 is 4.74 Å². The van der Waals surface area contributed by atoms with Crippen molar-refractivity contribution in [3.8, 4) is 0 Å². The molecule has 1 aliphatic rings. The third-order valence-corrected chi connectivity index (χ3v) is 2.19. The maximum Gasteiger partial charge on any atom is 0.211 e. The smallest absolute Gasteiger partial charge is 0.211 e. The molecule has 0 radical (unpaired) electrons. The maximum atomic E-state index is 5.66. The molecule has 2 nitrogen and oxygen atoms in total. The number of hydrogen-bond donors (Lipinski definition) is 0. The summed E-state index contributed by atoms with van der Waals surface area (Å²) in [5.41, 5.74) is 2.07. The highest BCUT2D eigenvalue weighted by atomic mass is 16.5. The van der Waals surface area contributed by atoms with Crippen molar-refractivity contribution in [2.75, 3.05) is 6.54 Å². The fraction of sp³-hybridized carbons (Fsp3) is 0.250. The Morgan fingerprint density at radius 1 is 1.43 bits per heavy atom. The predicted molar refractivity (Wildman–Crippen MR) is 57.4 cm³/mol. The second-order valence-electron chi connectivity index (χ2n) is 3.44. The molecule has 0 amide bonds. The first-order valence-corrected chi connectivity index (χ1v) is 4.69. The zero-order chi connectivity index (χ0) is 9.97. The Kier molecular flexibility index (Phi) is 2.35. The molecular formula is C12H13NO. The predicted octanol–water partition coefficient (Wildman–Crippen LogP) is 2.73. The molecule has 72 valence electrons. The van der Waals surface area contributed by atoms with Gasteiger partial charge in [-0.25, -0.2) is 4.99 Å². The highest BCUT2D eigenvalue weighted by Crippen LogP contribution is 2.24. The minimum Gasteiger partial charge on any atom is -0.468 e. The normalized spacial score (nSPS) is 20.1. The van der Waals surface area contributed by atoms with Crippen LogP contribution in [0.3, 0.4) is 0 Å². The van der Waals surface area contributed by atoms with E-state index >= 15 is 0 Å². The van der Waals surface area contributed by atoms with Crippen LogP contribution in [-0.2, 0) is 4.74 Å². The van der Waals surface area contributed by atoms with E-state index in [4.69, 9.17) is 4.74 Å². The molecule has 1 atom stereocenters. The van der Waals surface area contributed by atoms with Gasteiger partial charge in [-0.2, -0.15) is 0 Å². The lowest BCUT2D eigenvalue weighted by Gasteiger charge is -2.10. The fourth-order valence-corrected chi connectivity index (χ4v) is 1.45. The van der Waals surface area contributed by atoms with E-state index in [0.717, 1.165) is 5.57 Å². The molecule has 1 unspecified atom stereocenters. The van der Waals surface area contributed by atoms with E-state index in [-0.39, 0.29) is 6.10 Å². The molecule has 0 aliphatic carbocycles. The van der Waals surface area contributed by atoms with Gasteiger partial charge in [0.25, 0.3) is 0 Å². The van der Waals surface area contributed by atoms with E-state index in [1.165, 1.54) is 5.56 Å². The summed E-state index contributed by atoms with van der Waals surface area (Å²) in [7, 11) is 0. The van der Waals surface area contributed by atoms with Crippen LogP contribution in [0.4, 0.5) is 0 Å². The summed E-state index contributed by atoms with van der Waals surface area (Å²) in [6, 6.07) is 10.1. The van der Waals surface area contributed by atoms with Crippen molar-refractivity contribution in [3.05, 3.63) is 48.0 Å². The number of hydrogen-bond acceptors (Lipinski definition) is 2. The Labute approximate surface area is 83.9 Å². The molecule has 0 N–H and O–H groups in total. The molecule has 0 saturated heterocycles. The average molecular weight is 187 g/mol. The standard InChI is InChI=1S/C12H13NO/c1-9(2)12-13-8-11(14-12)10-6-4-3-5-7-10/h3-7,11H,1,8H2,2H3. The second kappa shape index (κ2) is 3.66. The Balaban J connectivity index is 2.10. The van der Waals surface area contributed by atoms with E-state index < -0.39 is 0 Å². The highest BCUT2D eigenvalue weighted by molar-refractivity contribution is 5.93. The maximum absolute atomic E-state index is 5.66. The van der Waals surface area contributed by atoms with Gasteiger partial charge in [0.1, 0.15) is 6.10 Å². The first-order chi connectivity index (χ1) is 6.77. The van der Waals surface area contributed by atoms with Crippen molar-refractivity contribution in [2.45, 2.75) is 13.0 Å². The van der Waals surface area contributed by atoms with Gasteiger partial charge >= 0.3 is 0 Å². The van der Waals surface area contributed by atoms with E-state index in [1.807, 2.05) is 25.1 Å². The molecule has 2 rings (SSSR count). The fourth-order valence-electron chi connectivity index (χ4n) is 1.45. The third kappa shape index (κ3) is 1.69. The van der Waals surface area contributed by atoms with Gasteiger partial charge in [0.15, 0.2) is 0 Å².